The first-order valence-corrected chi connectivity index (χ1v) is 23.3. The van der Waals surface area contributed by atoms with E-state index in [0.717, 1.165) is 32.1 Å². The van der Waals surface area contributed by atoms with Crippen molar-refractivity contribution in [2.75, 3.05) is 47.4 Å². The van der Waals surface area contributed by atoms with Crippen molar-refractivity contribution in [2.45, 2.75) is 165 Å². The summed E-state index contributed by atoms with van der Waals surface area (Å²) in [7, 11) is 10.6. The molecule has 2 saturated carbocycles. The predicted molar refractivity (Wildman–Crippen MR) is 228 cm³/mol. The van der Waals surface area contributed by atoms with Crippen LogP contribution in [-0.4, -0.2) is 139 Å². The second-order valence-corrected chi connectivity index (χ2v) is 19.3. The number of methoxy groups -OCH3 is 4. The molecule has 0 N–H and O–H groups in total. The number of ether oxygens (including phenoxy) is 9. The number of cyclic esters (lactones) is 1. The number of fused-ring (bicyclic) bond motifs is 8. The number of esters is 1. The van der Waals surface area contributed by atoms with Crippen LogP contribution in [0.15, 0.2) is 29.8 Å². The van der Waals surface area contributed by atoms with Gasteiger partial charge in [-0.2, -0.15) is 0 Å². The molecule has 4 aliphatic heterocycles. The van der Waals surface area contributed by atoms with Crippen LogP contribution in [0.4, 0.5) is 10.1 Å². The van der Waals surface area contributed by atoms with Gasteiger partial charge in [0.2, 0.25) is 0 Å². The van der Waals surface area contributed by atoms with Gasteiger partial charge in [0.05, 0.1) is 55.7 Å². The van der Waals surface area contributed by atoms with Crippen LogP contribution in [0.25, 0.3) is 0 Å². The molecule has 14 heteroatoms. The molecule has 7 aliphatic rings. The maximum absolute atomic E-state index is 15.5. The highest BCUT2D eigenvalue weighted by Gasteiger charge is 2.69. The number of likely N-dealkylation sites (N-methyl/N-ethyl adjacent to an activating group) is 1. The molecule has 4 saturated heterocycles. The van der Waals surface area contributed by atoms with Gasteiger partial charge in [0.25, 0.3) is 0 Å². The van der Waals surface area contributed by atoms with Crippen LogP contribution in [0.1, 0.15) is 85.5 Å². The number of hydrogen-bond donors (Lipinski definition) is 0. The van der Waals surface area contributed by atoms with E-state index >= 15 is 9.18 Å². The number of para-hydroxylation sites is 1. The van der Waals surface area contributed by atoms with Gasteiger partial charge in [-0.25, -0.2) is 4.39 Å². The van der Waals surface area contributed by atoms with E-state index in [9.17, 15) is 4.79 Å². The van der Waals surface area contributed by atoms with Gasteiger partial charge >= 0.3 is 5.97 Å². The first-order chi connectivity index (χ1) is 29.8. The minimum atomic E-state index is -0.691. The maximum Gasteiger partial charge on any atom is 0.306 e. The lowest BCUT2D eigenvalue weighted by Crippen LogP contribution is -2.59. The Morgan fingerprint density at radius 2 is 1.60 bits per heavy atom. The normalized spacial score (nSPS) is 43.4. The second-order valence-electron chi connectivity index (χ2n) is 19.3. The van der Waals surface area contributed by atoms with E-state index in [4.69, 9.17) is 42.6 Å². The fourth-order valence-corrected chi connectivity index (χ4v) is 12.9. The lowest BCUT2D eigenvalue weighted by Gasteiger charge is -2.44. The van der Waals surface area contributed by atoms with E-state index in [1.54, 1.807) is 27.4 Å². The minimum absolute atomic E-state index is 0.00890. The molecule has 0 spiro atoms. The van der Waals surface area contributed by atoms with Crippen molar-refractivity contribution >= 4 is 17.4 Å². The van der Waals surface area contributed by atoms with Gasteiger partial charge in [-0.05, 0) is 121 Å². The minimum Gasteiger partial charge on any atom is -0.492 e. The Hall–Kier alpha value is -2.69. The quantitative estimate of drug-likeness (QED) is 0.182. The Morgan fingerprint density at radius 3 is 2.27 bits per heavy atom. The molecule has 0 bridgehead atoms. The highest BCUT2D eigenvalue weighted by Crippen LogP contribution is 2.65. The topological polar surface area (TPSA) is 123 Å². The molecule has 4 heterocycles. The molecule has 0 radical (unpaired) electrons. The fraction of sp³-hybridized carbons (Fsp3) is 0.792. The van der Waals surface area contributed by atoms with Crippen LogP contribution < -0.4 is 9.64 Å². The molecular weight excluding hydrogens is 800 g/mol. The summed E-state index contributed by atoms with van der Waals surface area (Å²) in [6.45, 7) is 8.10. The summed E-state index contributed by atoms with van der Waals surface area (Å²) in [5, 5.41) is 0. The average molecular weight is 871 g/mol. The third-order valence-electron chi connectivity index (χ3n) is 15.8. The number of rotatable bonds is 11. The number of anilines is 1. The van der Waals surface area contributed by atoms with E-state index in [1.807, 2.05) is 19.9 Å². The Balaban J connectivity index is 1.13. The second kappa shape index (κ2) is 19.0. The zero-order valence-corrected chi connectivity index (χ0v) is 38.4. The van der Waals surface area contributed by atoms with Gasteiger partial charge < -0.3 is 52.4 Å². The van der Waals surface area contributed by atoms with Crippen molar-refractivity contribution in [1.82, 2.24) is 4.90 Å². The molecule has 3 aliphatic carbocycles. The summed E-state index contributed by atoms with van der Waals surface area (Å²) in [5.41, 5.74) is 1.38. The van der Waals surface area contributed by atoms with Gasteiger partial charge in [0.1, 0.15) is 24.4 Å². The summed E-state index contributed by atoms with van der Waals surface area (Å²) >= 11 is 0. The zero-order valence-electron chi connectivity index (χ0n) is 38.4. The van der Waals surface area contributed by atoms with Gasteiger partial charge in [0.15, 0.2) is 29.9 Å². The Morgan fingerprint density at radius 1 is 0.855 bits per heavy atom. The van der Waals surface area contributed by atoms with Crippen molar-refractivity contribution in [2.24, 2.45) is 35.5 Å². The van der Waals surface area contributed by atoms with Crippen molar-refractivity contribution in [3.63, 3.8) is 0 Å². The third-order valence-corrected chi connectivity index (χ3v) is 15.8. The van der Waals surface area contributed by atoms with Gasteiger partial charge in [-0.15, -0.1) is 0 Å². The van der Waals surface area contributed by atoms with E-state index < -0.39 is 42.4 Å². The molecule has 13 nitrogen and oxygen atoms in total. The number of halogens is 1. The average Bonchev–Trinajstić information content (AvgIpc) is 3.64. The Bertz CT molecular complexity index is 1780. The zero-order chi connectivity index (χ0) is 44.1. The van der Waals surface area contributed by atoms with Crippen LogP contribution in [0.3, 0.4) is 0 Å². The molecule has 3 unspecified atom stereocenters. The van der Waals surface area contributed by atoms with Crippen LogP contribution in [0.5, 0.6) is 5.75 Å². The molecule has 0 amide bonds. The SMILES string of the molecule is CC[C@H]1CCC[C@H](O[C@H]2CC[C@H](N(C)C)C(C)O2)[C@@H](C)C(=O)C2=C[C@H]3[C@@H]4C[C@H](O[C@@H]5OC(C)[C@H](OC)C(OC)[C@@H]5OC)C[C@H]4[C@H]4[C@@H]([C@H]3[C@@H]2CC(=O)O1)N4c1cccc(F)c1OC. The van der Waals surface area contributed by atoms with Gasteiger partial charge in [-0.1, -0.05) is 26.0 Å². The monoisotopic (exact) mass is 871 g/mol. The Kier molecular flexibility index (Phi) is 14.1. The van der Waals surface area contributed by atoms with E-state index in [-0.39, 0.29) is 96.3 Å². The summed E-state index contributed by atoms with van der Waals surface area (Å²) in [6.07, 6.45) is 4.82. The number of benzene rings is 1. The molecule has 0 aromatic heterocycles. The fourth-order valence-electron chi connectivity index (χ4n) is 12.9. The summed E-state index contributed by atoms with van der Waals surface area (Å²) in [6, 6.07) is 5.31. The molecule has 19 atom stereocenters. The molecular formula is C48H71FN2O11. The third kappa shape index (κ3) is 8.49. The number of carbonyl (C=O) groups excluding carboxylic acids is 2. The first kappa shape index (κ1) is 45.9. The summed E-state index contributed by atoms with van der Waals surface area (Å²) in [4.78, 5) is 33.8. The smallest absolute Gasteiger partial charge is 0.306 e. The highest BCUT2D eigenvalue weighted by molar-refractivity contribution is 5.99. The molecule has 62 heavy (non-hydrogen) atoms. The predicted octanol–water partition coefficient (Wildman–Crippen LogP) is 6.34. The van der Waals surface area contributed by atoms with Crippen LogP contribution in [-0.2, 0) is 47.5 Å². The summed E-state index contributed by atoms with van der Waals surface area (Å²) in [5.74, 6) is -1.20. The first-order valence-electron chi connectivity index (χ1n) is 23.3. The molecule has 346 valence electrons. The number of allylic oxidation sites excluding steroid dienone is 2. The Labute approximate surface area is 367 Å². The van der Waals surface area contributed by atoms with E-state index in [1.165, 1.54) is 13.2 Å². The van der Waals surface area contributed by atoms with Crippen molar-refractivity contribution in [3.05, 3.63) is 35.7 Å². The molecule has 1 aromatic carbocycles. The largest absolute Gasteiger partial charge is 0.492 e. The van der Waals surface area contributed by atoms with E-state index in [2.05, 4.69) is 43.8 Å². The number of nitrogens with zero attached hydrogens (tertiary/aromatic N) is 2. The number of ketones is 1. The van der Waals surface area contributed by atoms with Crippen LogP contribution in [0, 0.1) is 41.3 Å². The molecule has 8 rings (SSSR count). The molecule has 6 fully saturated rings. The molecule has 1 aromatic rings. The number of hydrogen-bond acceptors (Lipinski definition) is 13. The van der Waals surface area contributed by atoms with Gasteiger partial charge in [0, 0.05) is 39.2 Å². The lowest BCUT2D eigenvalue weighted by atomic mass is 9.66. The van der Waals surface area contributed by atoms with E-state index in [0.29, 0.717) is 36.6 Å². The van der Waals surface area contributed by atoms with Gasteiger partial charge in [-0.3, -0.25) is 9.59 Å². The highest BCUT2D eigenvalue weighted by atomic mass is 19.1. The van der Waals surface area contributed by atoms with Crippen molar-refractivity contribution in [1.29, 1.82) is 0 Å². The number of Topliss-reactive ketones (excluding diaryl/α,β-unsaturated/α-hetero) is 1. The van der Waals surface area contributed by atoms with Crippen molar-refractivity contribution < 1.29 is 56.6 Å². The number of carbonyl (C=O) groups is 2. The summed E-state index contributed by atoms with van der Waals surface area (Å²) < 4.78 is 71.6. The maximum atomic E-state index is 15.5. The van der Waals surface area contributed by atoms with Crippen LogP contribution in [0.2, 0.25) is 0 Å². The standard InChI is InChI=1S/C48H71FN2O11/c1-11-27-14-12-17-37(62-39-19-18-35(50(5)6)25(3)58-39)24(2)43(53)33-22-30-29-20-28(61-48-47(57-10)46(56-9)44(54-7)26(4)59-48)21-32(29)41-42(40(30)31(33)23-38(52)60-27)51(41)36-16-13-15-34(49)45(36)55-8/h13,15-16,22,24-32,35,37,39-42,44,46-48H,11-12,14,17-21,23H2,1-10H3/t24-,25?,26?,27+,28+,29+,30+,31-,32-,35+,37+,39+,40-,41+,42-,44+,46?,47+,48+,51?/m1/s1. The van der Waals surface area contributed by atoms with Crippen LogP contribution >= 0.6 is 0 Å². The van der Waals surface area contributed by atoms with Crippen molar-refractivity contribution in [3.8, 4) is 5.75 Å². The lowest BCUT2D eigenvalue weighted by molar-refractivity contribution is -0.314.